The largest absolute Gasteiger partial charge is 0.508 e. The molecule has 0 bridgehead atoms. The van der Waals surface area contributed by atoms with Crippen LogP contribution in [-0.2, 0) is 6.54 Å². The summed E-state index contributed by atoms with van der Waals surface area (Å²) in [5, 5.41) is 13.2. The summed E-state index contributed by atoms with van der Waals surface area (Å²) in [6.45, 7) is 2.60. The number of hydrogen-bond acceptors (Lipinski definition) is 3. The average molecular weight is 278 g/mol. The van der Waals surface area contributed by atoms with Crippen LogP contribution in [0.1, 0.15) is 11.1 Å². The van der Waals surface area contributed by atoms with Crippen molar-refractivity contribution in [2.45, 2.75) is 13.5 Å². The van der Waals surface area contributed by atoms with Crippen molar-refractivity contribution in [3.05, 3.63) is 52.5 Å². The number of methoxy groups -OCH3 is 1. The second-order valence-corrected chi connectivity index (χ2v) is 4.73. The van der Waals surface area contributed by atoms with Gasteiger partial charge in [-0.3, -0.25) is 0 Å². The molecule has 4 heteroatoms. The highest BCUT2D eigenvalue weighted by Gasteiger charge is 2.06. The zero-order valence-corrected chi connectivity index (χ0v) is 11.7. The van der Waals surface area contributed by atoms with Gasteiger partial charge >= 0.3 is 0 Å². The Morgan fingerprint density at radius 2 is 1.89 bits per heavy atom. The first-order valence-electron chi connectivity index (χ1n) is 5.96. The van der Waals surface area contributed by atoms with Crippen LogP contribution in [-0.4, -0.2) is 12.2 Å². The van der Waals surface area contributed by atoms with Gasteiger partial charge in [0.05, 0.1) is 12.8 Å². The van der Waals surface area contributed by atoms with Crippen molar-refractivity contribution in [2.75, 3.05) is 12.4 Å². The summed E-state index contributed by atoms with van der Waals surface area (Å²) >= 11 is 6.06. The Morgan fingerprint density at radius 1 is 1.21 bits per heavy atom. The number of rotatable bonds is 4. The fraction of sp³-hybridized carbons (Fsp3) is 0.200. The zero-order chi connectivity index (χ0) is 13.8. The number of aryl methyl sites for hydroxylation is 1. The first-order valence-corrected chi connectivity index (χ1v) is 6.34. The van der Waals surface area contributed by atoms with Gasteiger partial charge in [-0.2, -0.15) is 0 Å². The lowest BCUT2D eigenvalue weighted by molar-refractivity contribution is 0.416. The minimum Gasteiger partial charge on any atom is -0.508 e. The maximum Gasteiger partial charge on any atom is 0.143 e. The monoisotopic (exact) mass is 277 g/mol. The van der Waals surface area contributed by atoms with E-state index in [9.17, 15) is 5.11 Å². The zero-order valence-electron chi connectivity index (χ0n) is 10.9. The summed E-state index contributed by atoms with van der Waals surface area (Å²) in [7, 11) is 1.62. The van der Waals surface area contributed by atoms with E-state index in [1.54, 1.807) is 25.3 Å². The Balaban J connectivity index is 2.14. The van der Waals surface area contributed by atoms with E-state index >= 15 is 0 Å². The van der Waals surface area contributed by atoms with Crippen LogP contribution in [0.25, 0.3) is 0 Å². The number of nitrogens with one attached hydrogen (secondary N) is 1. The van der Waals surface area contributed by atoms with Crippen molar-refractivity contribution in [2.24, 2.45) is 0 Å². The van der Waals surface area contributed by atoms with Gasteiger partial charge in [0.2, 0.25) is 0 Å². The molecule has 0 amide bonds. The topological polar surface area (TPSA) is 41.5 Å². The molecule has 0 aromatic heterocycles. The van der Waals surface area contributed by atoms with E-state index in [2.05, 4.69) is 5.32 Å². The first kappa shape index (κ1) is 13.6. The lowest BCUT2D eigenvalue weighted by Crippen LogP contribution is -2.01. The standard InChI is InChI=1S/C15H16ClNO2/c1-10-7-14(15(19-2)8-13(10)16)17-9-11-3-5-12(18)6-4-11/h3-8,17-18H,9H2,1-2H3. The van der Waals surface area contributed by atoms with Crippen molar-refractivity contribution in [1.29, 1.82) is 0 Å². The molecule has 0 saturated heterocycles. The average Bonchev–Trinajstić information content (AvgIpc) is 2.41. The molecule has 2 aromatic rings. The smallest absolute Gasteiger partial charge is 0.143 e. The molecule has 2 N–H and O–H groups in total. The van der Waals surface area contributed by atoms with Gasteiger partial charge in [0.15, 0.2) is 0 Å². The van der Waals surface area contributed by atoms with Crippen LogP contribution in [0.5, 0.6) is 11.5 Å². The van der Waals surface area contributed by atoms with Gasteiger partial charge < -0.3 is 15.2 Å². The quantitative estimate of drug-likeness (QED) is 0.888. The fourth-order valence-corrected chi connectivity index (χ4v) is 1.94. The Kier molecular flexibility index (Phi) is 4.17. The molecule has 0 fully saturated rings. The third-order valence-corrected chi connectivity index (χ3v) is 3.31. The van der Waals surface area contributed by atoms with Crippen LogP contribution < -0.4 is 10.1 Å². The lowest BCUT2D eigenvalue weighted by atomic mass is 10.1. The third kappa shape index (κ3) is 3.32. The molecular formula is C15H16ClNO2. The lowest BCUT2D eigenvalue weighted by Gasteiger charge is -2.13. The van der Waals surface area contributed by atoms with Crippen molar-refractivity contribution in [3.63, 3.8) is 0 Å². The summed E-state index contributed by atoms with van der Waals surface area (Å²) in [5.41, 5.74) is 2.97. The van der Waals surface area contributed by atoms with Crippen LogP contribution in [0.2, 0.25) is 5.02 Å². The summed E-state index contributed by atoms with van der Waals surface area (Å²) in [4.78, 5) is 0. The number of anilines is 1. The molecule has 0 aliphatic carbocycles. The van der Waals surface area contributed by atoms with E-state index in [0.29, 0.717) is 11.6 Å². The Labute approximate surface area is 117 Å². The van der Waals surface area contributed by atoms with E-state index in [1.807, 2.05) is 25.1 Å². The minimum absolute atomic E-state index is 0.267. The molecular weight excluding hydrogens is 262 g/mol. The number of benzene rings is 2. The fourth-order valence-electron chi connectivity index (χ4n) is 1.78. The van der Waals surface area contributed by atoms with Crippen LogP contribution >= 0.6 is 11.6 Å². The molecule has 2 aromatic carbocycles. The molecule has 0 saturated carbocycles. The highest BCUT2D eigenvalue weighted by molar-refractivity contribution is 6.31. The molecule has 0 radical (unpaired) electrons. The number of phenolic OH excluding ortho intramolecular Hbond substituents is 1. The van der Waals surface area contributed by atoms with Crippen molar-refractivity contribution in [3.8, 4) is 11.5 Å². The van der Waals surface area contributed by atoms with Gasteiger partial charge in [0, 0.05) is 17.6 Å². The summed E-state index contributed by atoms with van der Waals surface area (Å²) < 4.78 is 5.30. The molecule has 0 spiro atoms. The van der Waals surface area contributed by atoms with Gasteiger partial charge in [-0.25, -0.2) is 0 Å². The number of ether oxygens (including phenoxy) is 1. The van der Waals surface area contributed by atoms with Gasteiger partial charge in [0.1, 0.15) is 11.5 Å². The Morgan fingerprint density at radius 3 is 2.53 bits per heavy atom. The highest BCUT2D eigenvalue weighted by atomic mass is 35.5. The van der Waals surface area contributed by atoms with Crippen LogP contribution in [0.15, 0.2) is 36.4 Å². The van der Waals surface area contributed by atoms with Crippen molar-refractivity contribution in [1.82, 2.24) is 0 Å². The molecule has 0 unspecified atom stereocenters. The van der Waals surface area contributed by atoms with Crippen molar-refractivity contribution < 1.29 is 9.84 Å². The first-order chi connectivity index (χ1) is 9.10. The summed E-state index contributed by atoms with van der Waals surface area (Å²) in [6.07, 6.45) is 0. The number of hydrogen-bond donors (Lipinski definition) is 2. The molecule has 0 atom stereocenters. The van der Waals surface area contributed by atoms with Gasteiger partial charge in [0.25, 0.3) is 0 Å². The minimum atomic E-state index is 0.267. The number of halogens is 1. The van der Waals surface area contributed by atoms with E-state index in [0.717, 1.165) is 22.6 Å². The van der Waals surface area contributed by atoms with Gasteiger partial charge in [-0.05, 0) is 36.2 Å². The normalized spacial score (nSPS) is 10.3. The van der Waals surface area contributed by atoms with Gasteiger partial charge in [-0.15, -0.1) is 0 Å². The predicted octanol–water partition coefficient (Wildman–Crippen LogP) is 3.97. The summed E-state index contributed by atoms with van der Waals surface area (Å²) in [5.74, 6) is 0.984. The highest BCUT2D eigenvalue weighted by Crippen LogP contribution is 2.31. The second kappa shape index (κ2) is 5.85. The predicted molar refractivity (Wildman–Crippen MR) is 78.2 cm³/mol. The number of phenols is 1. The Bertz CT molecular complexity index is 567. The van der Waals surface area contributed by atoms with Crippen LogP contribution in [0.3, 0.4) is 0 Å². The third-order valence-electron chi connectivity index (χ3n) is 2.90. The Hall–Kier alpha value is -1.87. The molecule has 2 rings (SSSR count). The van der Waals surface area contributed by atoms with E-state index in [4.69, 9.17) is 16.3 Å². The van der Waals surface area contributed by atoms with E-state index in [-0.39, 0.29) is 5.75 Å². The van der Waals surface area contributed by atoms with E-state index < -0.39 is 0 Å². The molecule has 3 nitrogen and oxygen atoms in total. The molecule has 100 valence electrons. The van der Waals surface area contributed by atoms with Crippen molar-refractivity contribution >= 4 is 17.3 Å². The molecule has 0 heterocycles. The maximum absolute atomic E-state index is 9.24. The molecule has 0 aliphatic heterocycles. The molecule has 0 aliphatic rings. The van der Waals surface area contributed by atoms with Crippen LogP contribution in [0, 0.1) is 6.92 Å². The maximum atomic E-state index is 9.24. The van der Waals surface area contributed by atoms with Crippen LogP contribution in [0.4, 0.5) is 5.69 Å². The second-order valence-electron chi connectivity index (χ2n) is 4.32. The van der Waals surface area contributed by atoms with E-state index in [1.165, 1.54) is 0 Å². The SMILES string of the molecule is COc1cc(Cl)c(C)cc1NCc1ccc(O)cc1. The number of aromatic hydroxyl groups is 1. The summed E-state index contributed by atoms with van der Waals surface area (Å²) in [6, 6.07) is 10.8. The van der Waals surface area contributed by atoms with Gasteiger partial charge in [-0.1, -0.05) is 23.7 Å². The molecule has 19 heavy (non-hydrogen) atoms.